The molecule has 2 aromatic carbocycles. The Morgan fingerprint density at radius 1 is 1.00 bits per heavy atom. The minimum Gasteiger partial charge on any atom is -0.507 e. The van der Waals surface area contributed by atoms with Crippen LogP contribution in [-0.4, -0.2) is 47.6 Å². The van der Waals surface area contributed by atoms with Crippen LogP contribution >= 0.6 is 0 Å². The van der Waals surface area contributed by atoms with Gasteiger partial charge in [0.05, 0.1) is 12.8 Å². The Labute approximate surface area is 170 Å². The molecule has 0 aliphatic carbocycles. The van der Waals surface area contributed by atoms with E-state index in [0.29, 0.717) is 29.4 Å². The molecule has 6 heteroatoms. The molecule has 2 aliphatic rings. The van der Waals surface area contributed by atoms with E-state index < -0.39 is 0 Å². The molecule has 6 nitrogen and oxygen atoms in total. The summed E-state index contributed by atoms with van der Waals surface area (Å²) in [7, 11) is 3.75. The van der Waals surface area contributed by atoms with E-state index in [4.69, 9.17) is 4.74 Å². The van der Waals surface area contributed by atoms with Crippen molar-refractivity contribution in [2.45, 2.75) is 43.8 Å². The van der Waals surface area contributed by atoms with Crippen LogP contribution in [0.5, 0.6) is 11.5 Å². The van der Waals surface area contributed by atoms with Gasteiger partial charge in [0.2, 0.25) is 0 Å². The van der Waals surface area contributed by atoms with Crippen molar-refractivity contribution >= 4 is 16.6 Å². The Morgan fingerprint density at radius 3 is 2.48 bits per heavy atom. The van der Waals surface area contributed by atoms with Crippen LogP contribution in [0.15, 0.2) is 42.5 Å². The maximum absolute atomic E-state index is 10.5. The Bertz CT molecular complexity index is 1020. The molecule has 0 spiro atoms. The molecule has 2 aliphatic heterocycles. The van der Waals surface area contributed by atoms with E-state index in [1.54, 1.807) is 13.2 Å². The number of aromatic nitrogens is 2. The number of phenols is 1. The first-order valence-electron chi connectivity index (χ1n) is 10.2. The highest BCUT2D eigenvalue weighted by Gasteiger charge is 2.35. The monoisotopic (exact) mass is 390 g/mol. The summed E-state index contributed by atoms with van der Waals surface area (Å²) in [6.45, 7) is 0. The molecular weight excluding hydrogens is 364 g/mol. The van der Waals surface area contributed by atoms with Gasteiger partial charge in [-0.1, -0.05) is 6.07 Å². The summed E-state index contributed by atoms with van der Waals surface area (Å²) in [5.74, 6) is 1.84. The van der Waals surface area contributed by atoms with Crippen LogP contribution in [0.4, 0.5) is 5.82 Å². The van der Waals surface area contributed by atoms with Crippen LogP contribution in [0.2, 0.25) is 0 Å². The quantitative estimate of drug-likeness (QED) is 0.707. The van der Waals surface area contributed by atoms with E-state index in [1.807, 2.05) is 36.4 Å². The highest BCUT2D eigenvalue weighted by molar-refractivity contribution is 5.90. The summed E-state index contributed by atoms with van der Waals surface area (Å²) in [6.07, 6.45) is 4.89. The fraction of sp³-hybridized carbons (Fsp3) is 0.391. The summed E-state index contributed by atoms with van der Waals surface area (Å²) >= 11 is 0. The van der Waals surface area contributed by atoms with Crippen molar-refractivity contribution in [1.29, 1.82) is 0 Å². The van der Waals surface area contributed by atoms with E-state index in [2.05, 4.69) is 27.5 Å². The normalized spacial score (nSPS) is 23.3. The number of fused-ring (bicyclic) bond motifs is 3. The van der Waals surface area contributed by atoms with Gasteiger partial charge in [-0.15, -0.1) is 10.2 Å². The van der Waals surface area contributed by atoms with Crippen LogP contribution in [-0.2, 0) is 0 Å². The van der Waals surface area contributed by atoms with Gasteiger partial charge in [-0.3, -0.25) is 0 Å². The average molecular weight is 390 g/mol. The number of nitrogens with one attached hydrogen (secondary N) is 1. The van der Waals surface area contributed by atoms with Gasteiger partial charge in [-0.2, -0.15) is 0 Å². The van der Waals surface area contributed by atoms with E-state index in [0.717, 1.165) is 35.2 Å². The molecule has 150 valence electrons. The van der Waals surface area contributed by atoms with Gasteiger partial charge < -0.3 is 20.1 Å². The zero-order valence-electron chi connectivity index (χ0n) is 16.8. The van der Waals surface area contributed by atoms with Gasteiger partial charge in [-0.25, -0.2) is 0 Å². The fourth-order valence-electron chi connectivity index (χ4n) is 4.78. The number of hydrogen-bond donors (Lipinski definition) is 2. The van der Waals surface area contributed by atoms with Crippen LogP contribution in [0.25, 0.3) is 22.0 Å². The van der Waals surface area contributed by atoms with E-state index in [1.165, 1.54) is 12.8 Å². The van der Waals surface area contributed by atoms with Crippen molar-refractivity contribution in [3.05, 3.63) is 42.5 Å². The highest BCUT2D eigenvalue weighted by Crippen LogP contribution is 2.35. The molecule has 2 saturated heterocycles. The minimum atomic E-state index is 0.191. The Morgan fingerprint density at radius 2 is 1.79 bits per heavy atom. The first-order valence-corrected chi connectivity index (χ1v) is 10.2. The first kappa shape index (κ1) is 18.2. The zero-order chi connectivity index (χ0) is 20.0. The average Bonchev–Trinajstić information content (AvgIpc) is 3.09. The molecule has 29 heavy (non-hydrogen) atoms. The van der Waals surface area contributed by atoms with Crippen LogP contribution in [0, 0.1) is 0 Å². The van der Waals surface area contributed by atoms with Gasteiger partial charge >= 0.3 is 0 Å². The second-order valence-corrected chi connectivity index (χ2v) is 8.23. The third-order valence-corrected chi connectivity index (χ3v) is 6.45. The Kier molecular flexibility index (Phi) is 4.51. The first-order chi connectivity index (χ1) is 14.1. The van der Waals surface area contributed by atoms with Crippen LogP contribution in [0.3, 0.4) is 0 Å². The lowest BCUT2D eigenvalue weighted by molar-refractivity contribution is 0.353. The molecule has 0 saturated carbocycles. The maximum Gasteiger partial charge on any atom is 0.151 e. The predicted octanol–water partition coefficient (Wildman–Crippen LogP) is 3.73. The molecule has 2 N–H and O–H groups in total. The third kappa shape index (κ3) is 3.38. The third-order valence-electron chi connectivity index (χ3n) is 6.45. The summed E-state index contributed by atoms with van der Waals surface area (Å²) in [5.41, 5.74) is 1.35. The summed E-state index contributed by atoms with van der Waals surface area (Å²) in [5, 5.41) is 25.1. The number of methoxy groups -OCH3 is 1. The molecule has 3 atom stereocenters. The number of hydrogen-bond acceptors (Lipinski definition) is 6. The molecule has 2 bridgehead atoms. The second kappa shape index (κ2) is 7.19. The molecule has 2 unspecified atom stereocenters. The highest BCUT2D eigenvalue weighted by atomic mass is 16.5. The molecule has 5 rings (SSSR count). The smallest absolute Gasteiger partial charge is 0.151 e. The molecule has 1 aromatic heterocycles. The van der Waals surface area contributed by atoms with Crippen molar-refractivity contribution < 1.29 is 9.84 Å². The van der Waals surface area contributed by atoms with Gasteiger partial charge in [-0.05, 0) is 72.9 Å². The van der Waals surface area contributed by atoms with E-state index in [9.17, 15) is 5.11 Å². The lowest BCUT2D eigenvalue weighted by Crippen LogP contribution is -2.47. The Balaban J connectivity index is 1.40. The number of phenolic OH excluding ortho intramolecular Hbond substituents is 1. The molecule has 2 fully saturated rings. The topological polar surface area (TPSA) is 70.5 Å². The SMILES string of the molecule is COc1ccc2cc(-c3ccc(N(C)C4CC5CC[C@@H](C4)N5)nn3)c(O)cc2c1. The van der Waals surface area contributed by atoms with Crippen LogP contribution < -0.4 is 15.0 Å². The fourth-order valence-corrected chi connectivity index (χ4v) is 4.78. The lowest BCUT2D eigenvalue weighted by atomic mass is 9.98. The van der Waals surface area contributed by atoms with E-state index in [-0.39, 0.29) is 5.75 Å². The summed E-state index contributed by atoms with van der Waals surface area (Å²) in [6, 6.07) is 15.2. The Hall–Kier alpha value is -2.86. The molecule has 0 amide bonds. The molecule has 3 heterocycles. The van der Waals surface area contributed by atoms with Gasteiger partial charge in [0, 0.05) is 30.7 Å². The van der Waals surface area contributed by atoms with Crippen molar-refractivity contribution in [3.8, 4) is 22.8 Å². The van der Waals surface area contributed by atoms with Crippen molar-refractivity contribution in [2.75, 3.05) is 19.1 Å². The summed E-state index contributed by atoms with van der Waals surface area (Å²) < 4.78 is 5.27. The van der Waals surface area contributed by atoms with Crippen molar-refractivity contribution in [3.63, 3.8) is 0 Å². The number of ether oxygens (including phenoxy) is 1. The van der Waals surface area contributed by atoms with E-state index >= 15 is 0 Å². The molecule has 3 aromatic rings. The largest absolute Gasteiger partial charge is 0.507 e. The van der Waals surface area contributed by atoms with Crippen LogP contribution in [0.1, 0.15) is 25.7 Å². The van der Waals surface area contributed by atoms with Gasteiger partial charge in [0.1, 0.15) is 11.5 Å². The minimum absolute atomic E-state index is 0.191. The molecule has 0 radical (unpaired) electrons. The number of nitrogens with zero attached hydrogens (tertiary/aromatic N) is 3. The summed E-state index contributed by atoms with van der Waals surface area (Å²) in [4.78, 5) is 2.26. The van der Waals surface area contributed by atoms with Crippen molar-refractivity contribution in [1.82, 2.24) is 15.5 Å². The van der Waals surface area contributed by atoms with Gasteiger partial charge in [0.25, 0.3) is 0 Å². The molecular formula is C23H26N4O2. The second-order valence-electron chi connectivity index (χ2n) is 8.23. The standard InChI is InChI=1S/C23H26N4O2/c1-27(18-12-16-4-5-17(13-18)24-16)23-8-7-21(25-26-23)20-10-14-3-6-19(29-2)9-15(14)11-22(20)28/h3,6-11,16-18,24,28H,4-5,12-13H2,1-2H3/t16-,17?,18?/m0/s1. The zero-order valence-corrected chi connectivity index (χ0v) is 16.8. The predicted molar refractivity (Wildman–Crippen MR) is 115 cm³/mol. The lowest BCUT2D eigenvalue weighted by Gasteiger charge is -2.36. The maximum atomic E-state index is 10.5. The number of anilines is 1. The number of aromatic hydroxyl groups is 1. The number of benzene rings is 2. The number of rotatable bonds is 4. The van der Waals surface area contributed by atoms with Crippen molar-refractivity contribution in [2.24, 2.45) is 0 Å². The number of piperidine rings is 1. The van der Waals surface area contributed by atoms with Gasteiger partial charge in [0.15, 0.2) is 5.82 Å².